The molecule has 164 valence electrons. The van der Waals surface area contributed by atoms with Crippen LogP contribution >= 0.6 is 11.3 Å². The summed E-state index contributed by atoms with van der Waals surface area (Å²) < 4.78 is 2.16. The van der Waals surface area contributed by atoms with Gasteiger partial charge in [-0.15, -0.1) is 11.3 Å². The SMILES string of the molecule is Cc1ccccc1N=c1scc(-c2cccc([N+](=O)[O-])c2)n1CCc1c[nH]c2ccccc12. The molecule has 5 rings (SSSR count). The summed E-state index contributed by atoms with van der Waals surface area (Å²) in [4.78, 5) is 20.1. The number of nitrogens with one attached hydrogen (secondary N) is 1. The van der Waals surface area contributed by atoms with Crippen molar-refractivity contribution >= 4 is 33.6 Å². The zero-order chi connectivity index (χ0) is 22.8. The number of benzene rings is 3. The number of rotatable bonds is 6. The molecule has 33 heavy (non-hydrogen) atoms. The fraction of sp³-hybridized carbons (Fsp3) is 0.115. The lowest BCUT2D eigenvalue weighted by Gasteiger charge is -2.10. The number of hydrogen-bond acceptors (Lipinski definition) is 4. The first-order valence-corrected chi connectivity index (χ1v) is 11.6. The second kappa shape index (κ2) is 8.88. The van der Waals surface area contributed by atoms with E-state index < -0.39 is 0 Å². The normalized spacial score (nSPS) is 11.8. The van der Waals surface area contributed by atoms with Crippen LogP contribution in [0.4, 0.5) is 11.4 Å². The molecular formula is C26H22N4O2S. The number of aromatic amines is 1. The molecule has 0 saturated heterocycles. The Balaban J connectivity index is 1.60. The number of aryl methyl sites for hydroxylation is 2. The van der Waals surface area contributed by atoms with E-state index in [9.17, 15) is 10.1 Å². The van der Waals surface area contributed by atoms with Crippen LogP contribution in [0.2, 0.25) is 0 Å². The molecular weight excluding hydrogens is 432 g/mol. The minimum Gasteiger partial charge on any atom is -0.361 e. The van der Waals surface area contributed by atoms with E-state index in [4.69, 9.17) is 4.99 Å². The van der Waals surface area contributed by atoms with Crippen LogP contribution in [0.1, 0.15) is 11.1 Å². The second-order valence-electron chi connectivity index (χ2n) is 7.87. The highest BCUT2D eigenvalue weighted by molar-refractivity contribution is 7.07. The number of hydrogen-bond donors (Lipinski definition) is 1. The summed E-state index contributed by atoms with van der Waals surface area (Å²) in [6.45, 7) is 2.75. The van der Waals surface area contributed by atoms with Crippen molar-refractivity contribution in [2.24, 2.45) is 4.99 Å². The van der Waals surface area contributed by atoms with Crippen molar-refractivity contribution in [1.82, 2.24) is 9.55 Å². The molecule has 2 aromatic heterocycles. The Morgan fingerprint density at radius 1 is 1.06 bits per heavy atom. The lowest BCUT2D eigenvalue weighted by molar-refractivity contribution is -0.384. The highest BCUT2D eigenvalue weighted by Gasteiger charge is 2.13. The van der Waals surface area contributed by atoms with Crippen molar-refractivity contribution in [3.63, 3.8) is 0 Å². The van der Waals surface area contributed by atoms with Gasteiger partial charge in [0.25, 0.3) is 5.69 Å². The molecule has 5 aromatic rings. The Hall–Kier alpha value is -3.97. The van der Waals surface area contributed by atoms with Crippen LogP contribution in [0.5, 0.6) is 0 Å². The first kappa shape index (κ1) is 20.9. The van der Waals surface area contributed by atoms with Gasteiger partial charge in [-0.05, 0) is 36.6 Å². The Morgan fingerprint density at radius 2 is 1.88 bits per heavy atom. The van der Waals surface area contributed by atoms with Crippen molar-refractivity contribution in [1.29, 1.82) is 0 Å². The Morgan fingerprint density at radius 3 is 2.73 bits per heavy atom. The number of para-hydroxylation sites is 2. The topological polar surface area (TPSA) is 76.2 Å². The van der Waals surface area contributed by atoms with E-state index in [1.54, 1.807) is 23.5 Å². The minimum atomic E-state index is -0.356. The first-order valence-electron chi connectivity index (χ1n) is 10.7. The third kappa shape index (κ3) is 4.23. The third-order valence-corrected chi connectivity index (χ3v) is 6.63. The van der Waals surface area contributed by atoms with Gasteiger partial charge in [-0.2, -0.15) is 0 Å². The number of aromatic nitrogens is 2. The van der Waals surface area contributed by atoms with Gasteiger partial charge in [0.15, 0.2) is 4.80 Å². The van der Waals surface area contributed by atoms with E-state index in [2.05, 4.69) is 27.9 Å². The lowest BCUT2D eigenvalue weighted by Crippen LogP contribution is -2.17. The van der Waals surface area contributed by atoms with Crippen LogP contribution in [0.3, 0.4) is 0 Å². The maximum Gasteiger partial charge on any atom is 0.270 e. The molecule has 6 nitrogen and oxygen atoms in total. The molecule has 3 aromatic carbocycles. The predicted molar refractivity (Wildman–Crippen MR) is 133 cm³/mol. The molecule has 0 spiro atoms. The largest absolute Gasteiger partial charge is 0.361 e. The molecule has 0 atom stereocenters. The number of fused-ring (bicyclic) bond motifs is 1. The van der Waals surface area contributed by atoms with E-state index in [1.807, 2.05) is 54.8 Å². The predicted octanol–water partition coefficient (Wildman–Crippen LogP) is 6.39. The number of nitro benzene ring substituents is 1. The van der Waals surface area contributed by atoms with Crippen molar-refractivity contribution in [3.05, 3.63) is 110 Å². The Kier molecular flexibility index (Phi) is 5.62. The quantitative estimate of drug-likeness (QED) is 0.238. The fourth-order valence-electron chi connectivity index (χ4n) is 4.01. The summed E-state index contributed by atoms with van der Waals surface area (Å²) in [7, 11) is 0. The van der Waals surface area contributed by atoms with E-state index in [1.165, 1.54) is 17.0 Å². The minimum absolute atomic E-state index is 0.0827. The van der Waals surface area contributed by atoms with Gasteiger partial charge in [0.05, 0.1) is 16.3 Å². The third-order valence-electron chi connectivity index (χ3n) is 5.76. The number of H-pyrrole nitrogens is 1. The average Bonchev–Trinajstić information content (AvgIpc) is 3.43. The number of non-ortho nitro benzene ring substituents is 1. The van der Waals surface area contributed by atoms with Crippen LogP contribution in [0, 0.1) is 17.0 Å². The molecule has 7 heteroatoms. The van der Waals surface area contributed by atoms with Gasteiger partial charge in [-0.25, -0.2) is 4.99 Å². The highest BCUT2D eigenvalue weighted by atomic mass is 32.1. The van der Waals surface area contributed by atoms with E-state index in [0.29, 0.717) is 6.54 Å². The Bertz CT molecular complexity index is 1530. The molecule has 0 aliphatic rings. The van der Waals surface area contributed by atoms with Crippen LogP contribution in [0.15, 0.2) is 89.4 Å². The fourth-order valence-corrected chi connectivity index (χ4v) is 4.96. The molecule has 0 aliphatic carbocycles. The first-order chi connectivity index (χ1) is 16.1. The van der Waals surface area contributed by atoms with Crippen LogP contribution in [-0.4, -0.2) is 14.5 Å². The van der Waals surface area contributed by atoms with Gasteiger partial charge >= 0.3 is 0 Å². The summed E-state index contributed by atoms with van der Waals surface area (Å²) in [5, 5.41) is 14.6. The maximum atomic E-state index is 11.3. The molecule has 0 bridgehead atoms. The average molecular weight is 455 g/mol. The van der Waals surface area contributed by atoms with Crippen molar-refractivity contribution in [3.8, 4) is 11.3 Å². The number of thiazole rings is 1. The summed E-state index contributed by atoms with van der Waals surface area (Å²) in [6.07, 6.45) is 2.87. The summed E-state index contributed by atoms with van der Waals surface area (Å²) in [5.41, 5.74) is 6.19. The van der Waals surface area contributed by atoms with Crippen LogP contribution < -0.4 is 4.80 Å². The molecule has 0 amide bonds. The van der Waals surface area contributed by atoms with Gasteiger partial charge in [0.2, 0.25) is 0 Å². The zero-order valence-corrected chi connectivity index (χ0v) is 18.9. The molecule has 2 heterocycles. The van der Waals surface area contributed by atoms with Crippen molar-refractivity contribution in [2.45, 2.75) is 19.9 Å². The van der Waals surface area contributed by atoms with Gasteiger partial charge in [0.1, 0.15) is 0 Å². The maximum absolute atomic E-state index is 11.3. The second-order valence-corrected chi connectivity index (χ2v) is 8.71. The van der Waals surface area contributed by atoms with Gasteiger partial charge < -0.3 is 9.55 Å². The summed E-state index contributed by atoms with van der Waals surface area (Å²) in [6, 6.07) is 23.1. The van der Waals surface area contributed by atoms with Crippen molar-refractivity contribution < 1.29 is 4.92 Å². The molecule has 0 radical (unpaired) electrons. The van der Waals surface area contributed by atoms with Gasteiger partial charge in [0, 0.05) is 46.7 Å². The summed E-state index contributed by atoms with van der Waals surface area (Å²) in [5.74, 6) is 0. The zero-order valence-electron chi connectivity index (χ0n) is 18.1. The van der Waals surface area contributed by atoms with Crippen LogP contribution in [0.25, 0.3) is 22.2 Å². The molecule has 0 aliphatic heterocycles. The monoisotopic (exact) mass is 454 g/mol. The number of nitro groups is 1. The van der Waals surface area contributed by atoms with Crippen LogP contribution in [-0.2, 0) is 13.0 Å². The Labute approximate surface area is 194 Å². The lowest BCUT2D eigenvalue weighted by atomic mass is 10.1. The molecule has 0 unspecified atom stereocenters. The van der Waals surface area contributed by atoms with Crippen molar-refractivity contribution in [2.75, 3.05) is 0 Å². The molecule has 1 N–H and O–H groups in total. The molecule has 0 fully saturated rings. The smallest absolute Gasteiger partial charge is 0.270 e. The summed E-state index contributed by atoms with van der Waals surface area (Å²) >= 11 is 1.55. The van der Waals surface area contributed by atoms with Gasteiger partial charge in [-0.1, -0.05) is 48.5 Å². The van der Waals surface area contributed by atoms with E-state index >= 15 is 0 Å². The van der Waals surface area contributed by atoms with Gasteiger partial charge in [-0.3, -0.25) is 10.1 Å². The standard InChI is InChI=1S/C26H22N4O2S/c1-18-7-2-4-11-23(18)28-26-29(14-13-20-16-27-24-12-5-3-10-22(20)24)25(17-33-26)19-8-6-9-21(15-19)30(31)32/h2-12,15-17,27H,13-14H2,1H3. The van der Waals surface area contributed by atoms with E-state index in [-0.39, 0.29) is 10.6 Å². The highest BCUT2D eigenvalue weighted by Crippen LogP contribution is 2.26. The molecule has 0 saturated carbocycles. The van der Waals surface area contributed by atoms with E-state index in [0.717, 1.165) is 39.2 Å². The number of nitrogens with zero attached hydrogens (tertiary/aromatic N) is 3.